The zero-order chi connectivity index (χ0) is 16.5. The fourth-order valence-electron chi connectivity index (χ4n) is 3.15. The Bertz CT molecular complexity index is 771. The summed E-state index contributed by atoms with van der Waals surface area (Å²) in [5.74, 6) is 0.829. The van der Waals surface area contributed by atoms with E-state index in [2.05, 4.69) is 21.4 Å². The molecule has 1 aromatic carbocycles. The van der Waals surface area contributed by atoms with Crippen molar-refractivity contribution in [3.8, 4) is 0 Å². The maximum absolute atomic E-state index is 9.27. The number of thioether (sulfide) groups is 1. The van der Waals surface area contributed by atoms with Crippen LogP contribution in [0.2, 0.25) is 5.02 Å². The molecule has 0 saturated carbocycles. The minimum atomic E-state index is -0.000153. The highest BCUT2D eigenvalue weighted by atomic mass is 35.5. The summed E-state index contributed by atoms with van der Waals surface area (Å²) in [5.41, 5.74) is 3.07. The summed E-state index contributed by atoms with van der Waals surface area (Å²) in [4.78, 5) is 8.05. The molecule has 0 bridgehead atoms. The molecule has 7 heteroatoms. The number of aliphatic imine (C=N–C) groups is 1. The smallest absolute Gasteiger partial charge is 0.115 e. The first-order valence-corrected chi connectivity index (χ1v) is 9.57. The van der Waals surface area contributed by atoms with E-state index < -0.39 is 0 Å². The number of rotatable bonds is 4. The van der Waals surface area contributed by atoms with Gasteiger partial charge in [-0.2, -0.15) is 0 Å². The molecule has 1 aromatic heterocycles. The van der Waals surface area contributed by atoms with Gasteiger partial charge in [0.05, 0.1) is 29.5 Å². The number of aliphatic hydroxyl groups is 1. The van der Waals surface area contributed by atoms with Crippen LogP contribution in [0.4, 0.5) is 5.69 Å². The van der Waals surface area contributed by atoms with E-state index in [0.717, 1.165) is 64.2 Å². The van der Waals surface area contributed by atoms with Gasteiger partial charge in [-0.1, -0.05) is 11.6 Å². The third-order valence-corrected chi connectivity index (χ3v) is 5.80. The lowest BCUT2D eigenvalue weighted by molar-refractivity contribution is 0.0905. The molecule has 1 saturated heterocycles. The number of nitrogens with zero attached hydrogens (tertiary/aromatic N) is 1. The second kappa shape index (κ2) is 6.96. The molecule has 0 unspecified atom stereocenters. The summed E-state index contributed by atoms with van der Waals surface area (Å²) in [6.45, 7) is 1.69. The van der Waals surface area contributed by atoms with E-state index in [1.54, 1.807) is 11.8 Å². The highest BCUT2D eigenvalue weighted by Crippen LogP contribution is 2.32. The summed E-state index contributed by atoms with van der Waals surface area (Å²) >= 11 is 7.99. The van der Waals surface area contributed by atoms with Crippen molar-refractivity contribution in [3.05, 3.63) is 28.9 Å². The molecule has 0 radical (unpaired) electrons. The molecule has 3 heterocycles. The normalized spacial score (nSPS) is 22.1. The number of halogens is 1. The second-order valence-corrected chi connectivity index (χ2v) is 7.66. The highest BCUT2D eigenvalue weighted by Gasteiger charge is 2.21. The monoisotopic (exact) mass is 365 g/mol. The molecule has 0 spiro atoms. The summed E-state index contributed by atoms with van der Waals surface area (Å²) in [7, 11) is 0. The SMILES string of the molecule is OC[C@@H]1CSC(c2cc3cc(Cl)cc(NC4CCOCC4)c3[nH]2)=N1. The number of anilines is 1. The highest BCUT2D eigenvalue weighted by molar-refractivity contribution is 8.14. The van der Waals surface area contributed by atoms with Gasteiger partial charge in [-0.05, 0) is 31.0 Å². The third kappa shape index (κ3) is 3.28. The summed E-state index contributed by atoms with van der Waals surface area (Å²) < 4.78 is 5.43. The van der Waals surface area contributed by atoms with E-state index >= 15 is 0 Å². The van der Waals surface area contributed by atoms with E-state index in [-0.39, 0.29) is 12.6 Å². The van der Waals surface area contributed by atoms with Crippen LogP contribution in [0.5, 0.6) is 0 Å². The maximum Gasteiger partial charge on any atom is 0.115 e. The van der Waals surface area contributed by atoms with Gasteiger partial charge in [0.25, 0.3) is 0 Å². The van der Waals surface area contributed by atoms with E-state index in [1.807, 2.05) is 12.1 Å². The van der Waals surface area contributed by atoms with Crippen LogP contribution in [0.15, 0.2) is 23.2 Å². The number of aromatic amines is 1. The Balaban J connectivity index is 1.66. The topological polar surface area (TPSA) is 69.6 Å². The summed E-state index contributed by atoms with van der Waals surface area (Å²) in [6.07, 6.45) is 2.00. The van der Waals surface area contributed by atoms with Crippen molar-refractivity contribution in [2.45, 2.75) is 24.9 Å². The number of ether oxygens (including phenoxy) is 1. The molecule has 1 atom stereocenters. The minimum Gasteiger partial charge on any atom is -0.394 e. The molecule has 1 fully saturated rings. The number of aliphatic hydroxyl groups excluding tert-OH is 1. The lowest BCUT2D eigenvalue weighted by Gasteiger charge is -2.24. The van der Waals surface area contributed by atoms with E-state index in [9.17, 15) is 5.11 Å². The van der Waals surface area contributed by atoms with Crippen molar-refractivity contribution in [1.29, 1.82) is 0 Å². The average molecular weight is 366 g/mol. The van der Waals surface area contributed by atoms with Gasteiger partial charge in [0, 0.05) is 35.4 Å². The van der Waals surface area contributed by atoms with E-state index in [1.165, 1.54) is 0 Å². The molecule has 3 N–H and O–H groups in total. The zero-order valence-electron chi connectivity index (χ0n) is 13.2. The minimum absolute atomic E-state index is 0.000153. The number of nitrogens with one attached hydrogen (secondary N) is 2. The number of hydrogen-bond donors (Lipinski definition) is 3. The number of hydrogen-bond acceptors (Lipinski definition) is 5. The largest absolute Gasteiger partial charge is 0.394 e. The van der Waals surface area contributed by atoms with Gasteiger partial charge in [-0.15, -0.1) is 11.8 Å². The molecule has 2 aromatic rings. The van der Waals surface area contributed by atoms with Crippen LogP contribution in [-0.4, -0.2) is 52.8 Å². The molecule has 24 heavy (non-hydrogen) atoms. The molecule has 0 aliphatic carbocycles. The van der Waals surface area contributed by atoms with Gasteiger partial charge in [0.1, 0.15) is 5.04 Å². The number of fused-ring (bicyclic) bond motifs is 1. The Morgan fingerprint density at radius 1 is 1.33 bits per heavy atom. The van der Waals surface area contributed by atoms with Crippen molar-refractivity contribution in [2.75, 3.05) is 30.9 Å². The molecule has 2 aliphatic rings. The van der Waals surface area contributed by atoms with Crippen molar-refractivity contribution in [3.63, 3.8) is 0 Å². The first-order valence-electron chi connectivity index (χ1n) is 8.21. The fraction of sp³-hybridized carbons (Fsp3) is 0.471. The number of benzene rings is 1. The Labute approximate surface area is 149 Å². The van der Waals surface area contributed by atoms with Crippen LogP contribution in [-0.2, 0) is 4.74 Å². The predicted octanol–water partition coefficient (Wildman–Crippen LogP) is 3.27. The summed E-state index contributed by atoms with van der Waals surface area (Å²) in [5, 5.41) is 15.6. The fourth-order valence-corrected chi connectivity index (χ4v) is 4.40. The van der Waals surface area contributed by atoms with Gasteiger partial charge in [0.2, 0.25) is 0 Å². The lowest BCUT2D eigenvalue weighted by atomic mass is 10.1. The van der Waals surface area contributed by atoms with E-state index in [4.69, 9.17) is 16.3 Å². The Hall–Kier alpha value is -1.21. The van der Waals surface area contributed by atoms with Crippen molar-refractivity contribution >= 4 is 45.0 Å². The Morgan fingerprint density at radius 3 is 2.92 bits per heavy atom. The third-order valence-electron chi connectivity index (χ3n) is 4.43. The standard InChI is InChI=1S/C17H20ClN3O2S/c18-11-5-10-6-15(17-20-13(8-22)9-24-17)21-16(10)14(7-11)19-12-1-3-23-4-2-12/h5-7,12-13,19,21-22H,1-4,8-9H2/t13-/m1/s1. The summed E-state index contributed by atoms with van der Waals surface area (Å²) in [6, 6.07) is 6.43. The van der Waals surface area contributed by atoms with Gasteiger partial charge < -0.3 is 20.1 Å². The molecule has 0 amide bonds. The van der Waals surface area contributed by atoms with Gasteiger partial charge in [-0.25, -0.2) is 0 Å². The van der Waals surface area contributed by atoms with E-state index in [0.29, 0.717) is 6.04 Å². The van der Waals surface area contributed by atoms with Gasteiger partial charge in [0.15, 0.2) is 0 Å². The molecule has 128 valence electrons. The first kappa shape index (κ1) is 16.3. The molecule has 5 nitrogen and oxygen atoms in total. The predicted molar refractivity (Wildman–Crippen MR) is 101 cm³/mol. The van der Waals surface area contributed by atoms with Gasteiger partial charge >= 0.3 is 0 Å². The van der Waals surface area contributed by atoms with Crippen LogP contribution in [0.3, 0.4) is 0 Å². The Kier molecular flexibility index (Phi) is 4.72. The van der Waals surface area contributed by atoms with Crippen molar-refractivity contribution < 1.29 is 9.84 Å². The number of H-pyrrole nitrogens is 1. The van der Waals surface area contributed by atoms with Crippen LogP contribution >= 0.6 is 23.4 Å². The van der Waals surface area contributed by atoms with Crippen LogP contribution in [0.1, 0.15) is 18.5 Å². The average Bonchev–Trinajstić information content (AvgIpc) is 3.22. The molecular weight excluding hydrogens is 346 g/mol. The van der Waals surface area contributed by atoms with Gasteiger partial charge in [-0.3, -0.25) is 4.99 Å². The lowest BCUT2D eigenvalue weighted by Crippen LogP contribution is -2.27. The van der Waals surface area contributed by atoms with Crippen LogP contribution < -0.4 is 5.32 Å². The van der Waals surface area contributed by atoms with Crippen molar-refractivity contribution in [2.24, 2.45) is 4.99 Å². The van der Waals surface area contributed by atoms with Crippen molar-refractivity contribution in [1.82, 2.24) is 4.98 Å². The molecule has 4 rings (SSSR count). The number of aromatic nitrogens is 1. The quantitative estimate of drug-likeness (QED) is 0.777. The van der Waals surface area contributed by atoms with Crippen LogP contribution in [0.25, 0.3) is 10.9 Å². The molecule has 2 aliphatic heterocycles. The maximum atomic E-state index is 9.27. The molecular formula is C17H20ClN3O2S. The first-order chi connectivity index (χ1) is 11.7. The second-order valence-electron chi connectivity index (χ2n) is 6.21. The van der Waals surface area contributed by atoms with Crippen LogP contribution in [0, 0.1) is 0 Å². The Morgan fingerprint density at radius 2 is 2.17 bits per heavy atom. The zero-order valence-corrected chi connectivity index (χ0v) is 14.8.